The molecular weight excluding hydrogens is 385 g/mol. The van der Waals surface area contributed by atoms with Crippen molar-refractivity contribution in [1.82, 2.24) is 15.2 Å². The predicted octanol–water partition coefficient (Wildman–Crippen LogP) is 4.23. The lowest BCUT2D eigenvalue weighted by molar-refractivity contribution is -0.140. The van der Waals surface area contributed by atoms with Crippen molar-refractivity contribution in [3.8, 4) is 0 Å². The second-order valence-electron chi connectivity index (χ2n) is 6.90. The maximum absolute atomic E-state index is 12.6. The summed E-state index contributed by atoms with van der Waals surface area (Å²) >= 11 is 1.04. The van der Waals surface area contributed by atoms with E-state index in [0.29, 0.717) is 23.9 Å². The van der Waals surface area contributed by atoms with Gasteiger partial charge in [0.05, 0.1) is 5.01 Å². The molecule has 1 atom stereocenters. The number of rotatable bonds is 6. The summed E-state index contributed by atoms with van der Waals surface area (Å²) in [7, 11) is 0. The molecule has 8 heteroatoms. The van der Waals surface area contributed by atoms with Crippen molar-refractivity contribution in [3.63, 3.8) is 0 Å². The number of hydrogen-bond donors (Lipinski definition) is 1. The highest BCUT2D eigenvalue weighted by Gasteiger charge is 2.33. The number of nitrogens with zero attached hydrogens (tertiary/aromatic N) is 3. The molecule has 0 radical (unpaired) electrons. The van der Waals surface area contributed by atoms with E-state index in [4.69, 9.17) is 0 Å². The Morgan fingerprint density at radius 2 is 2.11 bits per heavy atom. The van der Waals surface area contributed by atoms with Gasteiger partial charge >= 0.3 is 6.18 Å². The second-order valence-corrected chi connectivity index (χ2v) is 7.84. The fourth-order valence-electron chi connectivity index (χ4n) is 3.38. The number of halogens is 3. The fourth-order valence-corrected chi connectivity index (χ4v) is 4.17. The van der Waals surface area contributed by atoms with Crippen molar-refractivity contribution in [1.29, 1.82) is 0 Å². The SMILES string of the molecule is CCNC(=NCCc1nc(C(F)(F)F)cs1)N1CCC(Cc2ccccc2)C1. The summed E-state index contributed by atoms with van der Waals surface area (Å²) in [6.07, 6.45) is -1.80. The molecule has 4 nitrogen and oxygen atoms in total. The summed E-state index contributed by atoms with van der Waals surface area (Å²) in [6, 6.07) is 10.5. The first-order chi connectivity index (χ1) is 13.5. The Hall–Kier alpha value is -2.09. The number of thiazole rings is 1. The Labute approximate surface area is 167 Å². The van der Waals surface area contributed by atoms with Crippen LogP contribution in [0, 0.1) is 5.92 Å². The lowest BCUT2D eigenvalue weighted by atomic mass is 9.99. The third kappa shape index (κ3) is 5.70. The van der Waals surface area contributed by atoms with Crippen LogP contribution in [0.1, 0.15) is 29.6 Å². The summed E-state index contributed by atoms with van der Waals surface area (Å²) in [5, 5.41) is 4.84. The van der Waals surface area contributed by atoms with Crippen LogP contribution in [-0.4, -0.2) is 42.0 Å². The van der Waals surface area contributed by atoms with Gasteiger partial charge in [0, 0.05) is 38.0 Å². The molecule has 1 aromatic heterocycles. The van der Waals surface area contributed by atoms with Crippen LogP contribution in [0.2, 0.25) is 0 Å². The number of nitrogens with one attached hydrogen (secondary N) is 1. The van der Waals surface area contributed by atoms with Gasteiger partial charge in [0.15, 0.2) is 11.7 Å². The van der Waals surface area contributed by atoms with Gasteiger partial charge in [-0.15, -0.1) is 11.3 Å². The average Bonchev–Trinajstić information content (AvgIpc) is 3.31. The summed E-state index contributed by atoms with van der Waals surface area (Å²) in [5.41, 5.74) is 0.534. The normalized spacial score (nSPS) is 17.9. The molecule has 0 bridgehead atoms. The highest BCUT2D eigenvalue weighted by molar-refractivity contribution is 7.09. The monoisotopic (exact) mass is 410 g/mol. The Bertz CT molecular complexity index is 773. The van der Waals surface area contributed by atoms with E-state index in [1.165, 1.54) is 5.56 Å². The van der Waals surface area contributed by atoms with Gasteiger partial charge in [0.25, 0.3) is 0 Å². The number of guanidine groups is 1. The topological polar surface area (TPSA) is 40.5 Å². The molecule has 1 aromatic carbocycles. The highest BCUT2D eigenvalue weighted by Crippen LogP contribution is 2.30. The largest absolute Gasteiger partial charge is 0.434 e. The quantitative estimate of drug-likeness (QED) is 0.572. The highest BCUT2D eigenvalue weighted by atomic mass is 32.1. The van der Waals surface area contributed by atoms with Crippen molar-refractivity contribution < 1.29 is 13.2 Å². The van der Waals surface area contributed by atoms with Crippen molar-refractivity contribution >= 4 is 17.3 Å². The van der Waals surface area contributed by atoms with Gasteiger partial charge in [-0.2, -0.15) is 13.2 Å². The third-order valence-corrected chi connectivity index (χ3v) is 5.63. The Morgan fingerprint density at radius 3 is 2.79 bits per heavy atom. The second kappa shape index (κ2) is 9.41. The van der Waals surface area contributed by atoms with Crippen molar-refractivity contribution in [3.05, 3.63) is 52.0 Å². The molecule has 1 fully saturated rings. The van der Waals surface area contributed by atoms with Crippen LogP contribution in [0.3, 0.4) is 0 Å². The third-order valence-electron chi connectivity index (χ3n) is 4.72. The molecule has 2 heterocycles. The zero-order chi connectivity index (χ0) is 20.0. The van der Waals surface area contributed by atoms with Crippen molar-refractivity contribution in [2.45, 2.75) is 32.4 Å². The van der Waals surface area contributed by atoms with Crippen LogP contribution >= 0.6 is 11.3 Å². The minimum Gasteiger partial charge on any atom is -0.357 e. The van der Waals surface area contributed by atoms with E-state index >= 15 is 0 Å². The Balaban J connectivity index is 1.55. The van der Waals surface area contributed by atoms with Gasteiger partial charge in [-0.05, 0) is 31.2 Å². The molecule has 0 aliphatic carbocycles. The molecule has 152 valence electrons. The zero-order valence-corrected chi connectivity index (χ0v) is 16.7. The van der Waals surface area contributed by atoms with Gasteiger partial charge in [-0.25, -0.2) is 4.98 Å². The molecule has 1 aliphatic rings. The average molecular weight is 411 g/mol. The first-order valence-electron chi connectivity index (χ1n) is 9.54. The summed E-state index contributed by atoms with van der Waals surface area (Å²) in [5.74, 6) is 1.42. The number of aliphatic imine (C=N–C) groups is 1. The summed E-state index contributed by atoms with van der Waals surface area (Å²) < 4.78 is 37.9. The number of benzene rings is 1. The predicted molar refractivity (Wildman–Crippen MR) is 107 cm³/mol. The van der Waals surface area contributed by atoms with E-state index in [0.717, 1.165) is 55.2 Å². The van der Waals surface area contributed by atoms with E-state index in [1.807, 2.05) is 13.0 Å². The first-order valence-corrected chi connectivity index (χ1v) is 10.4. The molecule has 0 amide bonds. The molecule has 3 rings (SSSR count). The maximum Gasteiger partial charge on any atom is 0.434 e. The van der Waals surface area contributed by atoms with Gasteiger partial charge in [-0.1, -0.05) is 30.3 Å². The minimum atomic E-state index is -4.38. The van der Waals surface area contributed by atoms with Gasteiger partial charge in [0.1, 0.15) is 0 Å². The molecular formula is C20H25F3N4S. The molecule has 28 heavy (non-hydrogen) atoms. The van der Waals surface area contributed by atoms with E-state index in [2.05, 4.69) is 44.5 Å². The molecule has 1 N–H and O–H groups in total. The molecule has 0 spiro atoms. The number of likely N-dealkylation sites (tertiary alicyclic amines) is 1. The summed E-state index contributed by atoms with van der Waals surface area (Å²) in [6.45, 7) is 5.08. The van der Waals surface area contributed by atoms with Crippen LogP contribution < -0.4 is 5.32 Å². The van der Waals surface area contributed by atoms with E-state index < -0.39 is 11.9 Å². The zero-order valence-electron chi connectivity index (χ0n) is 15.9. The number of alkyl halides is 3. The number of hydrogen-bond acceptors (Lipinski definition) is 3. The van der Waals surface area contributed by atoms with Crippen LogP contribution in [0.5, 0.6) is 0 Å². The van der Waals surface area contributed by atoms with Gasteiger partial charge in [0.2, 0.25) is 0 Å². The molecule has 0 saturated carbocycles. The molecule has 1 unspecified atom stereocenters. The van der Waals surface area contributed by atoms with Crippen LogP contribution in [0.25, 0.3) is 0 Å². The van der Waals surface area contributed by atoms with E-state index in [9.17, 15) is 13.2 Å². The molecule has 2 aromatic rings. The lowest BCUT2D eigenvalue weighted by Crippen LogP contribution is -2.40. The minimum absolute atomic E-state index is 0.414. The van der Waals surface area contributed by atoms with Crippen LogP contribution in [-0.2, 0) is 19.0 Å². The van der Waals surface area contributed by atoms with Crippen molar-refractivity contribution in [2.75, 3.05) is 26.2 Å². The lowest BCUT2D eigenvalue weighted by Gasteiger charge is -2.21. The van der Waals surface area contributed by atoms with Gasteiger partial charge in [-0.3, -0.25) is 4.99 Å². The van der Waals surface area contributed by atoms with E-state index in [-0.39, 0.29) is 0 Å². The maximum atomic E-state index is 12.6. The first kappa shape index (κ1) is 20.6. The Morgan fingerprint density at radius 1 is 1.32 bits per heavy atom. The molecule has 1 saturated heterocycles. The molecule has 1 aliphatic heterocycles. The standard InChI is InChI=1S/C20H25F3N4S/c1-2-24-19(25-10-8-18-26-17(14-28-18)20(21,22)23)27-11-9-16(13-27)12-15-6-4-3-5-7-15/h3-7,14,16H,2,8-13H2,1H3,(H,24,25). The van der Waals surface area contributed by atoms with Crippen LogP contribution in [0.15, 0.2) is 40.7 Å². The van der Waals surface area contributed by atoms with E-state index in [1.54, 1.807) is 0 Å². The fraction of sp³-hybridized carbons (Fsp3) is 0.500. The summed E-state index contributed by atoms with van der Waals surface area (Å²) in [4.78, 5) is 10.5. The Kier molecular flexibility index (Phi) is 6.93. The van der Waals surface area contributed by atoms with Crippen molar-refractivity contribution in [2.24, 2.45) is 10.9 Å². The number of aromatic nitrogens is 1. The smallest absolute Gasteiger partial charge is 0.357 e. The van der Waals surface area contributed by atoms with Crippen LogP contribution in [0.4, 0.5) is 13.2 Å². The van der Waals surface area contributed by atoms with Gasteiger partial charge < -0.3 is 10.2 Å².